The third-order valence-electron chi connectivity index (χ3n) is 6.22. The maximum Gasteiger partial charge on any atom is 0.315 e. The molecule has 0 spiro atoms. The molecule has 1 fully saturated rings. The van der Waals surface area contributed by atoms with Crippen molar-refractivity contribution in [3.63, 3.8) is 0 Å². The highest BCUT2D eigenvalue weighted by Crippen LogP contribution is 2.38. The van der Waals surface area contributed by atoms with Crippen molar-refractivity contribution in [3.8, 4) is 11.5 Å². The number of rotatable bonds is 7. The van der Waals surface area contributed by atoms with Gasteiger partial charge in [-0.3, -0.25) is 14.6 Å². The molecule has 1 saturated carbocycles. The molecule has 1 aromatic heterocycles. The van der Waals surface area contributed by atoms with Gasteiger partial charge in [0.1, 0.15) is 18.5 Å². The number of amidine groups is 1. The van der Waals surface area contributed by atoms with Crippen molar-refractivity contribution in [2.45, 2.75) is 37.8 Å². The zero-order valence-corrected chi connectivity index (χ0v) is 20.8. The summed E-state index contributed by atoms with van der Waals surface area (Å²) >= 11 is 0. The first-order valence-electron chi connectivity index (χ1n) is 12.0. The van der Waals surface area contributed by atoms with Crippen molar-refractivity contribution < 1.29 is 28.3 Å². The van der Waals surface area contributed by atoms with Crippen molar-refractivity contribution in [2.24, 2.45) is 10.9 Å². The molecule has 5 N–H and O–H groups in total. The van der Waals surface area contributed by atoms with Gasteiger partial charge in [-0.25, -0.2) is 4.39 Å². The number of carbonyl (C=O) groups is 2. The lowest BCUT2D eigenvalue weighted by atomic mass is 10.1. The lowest BCUT2D eigenvalue weighted by Crippen LogP contribution is -2.39. The van der Waals surface area contributed by atoms with E-state index in [1.807, 2.05) is 0 Å². The Morgan fingerprint density at radius 1 is 1.13 bits per heavy atom. The van der Waals surface area contributed by atoms with Crippen molar-refractivity contribution in [3.05, 3.63) is 48.4 Å². The molecule has 1 aliphatic carbocycles. The molecule has 2 heterocycles. The quantitative estimate of drug-likeness (QED) is 0.346. The van der Waals surface area contributed by atoms with Crippen molar-refractivity contribution in [1.29, 1.82) is 0 Å². The standard InChI is InChI=1S/C26H27FN6O5/c1-14-9-23(33-38-14)32-25(35)24(34)30-15-3-4-19(17(27)10-15)31-18-5-8-29-20-12-22(21(36-2)11-16(18)20)37-13-26(28)6-7-26/h3-5,8,10-12,14H,6-7,9,13,28H2,1-2H3,(H,29,31)(H,30,34)(H,32,33,35). The van der Waals surface area contributed by atoms with Gasteiger partial charge in [0.15, 0.2) is 17.3 Å². The second kappa shape index (κ2) is 10.1. The molecule has 11 nitrogen and oxygen atoms in total. The number of oxime groups is 1. The predicted octanol–water partition coefficient (Wildman–Crippen LogP) is 3.17. The molecule has 1 atom stereocenters. The Kier molecular flexibility index (Phi) is 6.72. The number of halogens is 1. The van der Waals surface area contributed by atoms with Gasteiger partial charge in [0.25, 0.3) is 0 Å². The van der Waals surface area contributed by atoms with Gasteiger partial charge in [0, 0.05) is 35.4 Å². The third kappa shape index (κ3) is 5.59. The topological polar surface area (TPSA) is 149 Å². The summed E-state index contributed by atoms with van der Waals surface area (Å²) in [5, 5.41) is 12.2. The SMILES string of the molecule is COc1cc2c(Nc3ccc(NC(=O)C(=O)NC4=NOC(C)C4)cc3F)ccnc2cc1OCC1(N)CC1. The zero-order valence-electron chi connectivity index (χ0n) is 20.8. The van der Waals surface area contributed by atoms with Crippen molar-refractivity contribution in [1.82, 2.24) is 10.3 Å². The Bertz CT molecular complexity index is 1440. The zero-order chi connectivity index (χ0) is 26.9. The average Bonchev–Trinajstić information content (AvgIpc) is 3.50. The number of pyridine rings is 1. The van der Waals surface area contributed by atoms with Gasteiger partial charge in [-0.1, -0.05) is 5.16 Å². The number of nitrogens with two attached hydrogens (primary N) is 1. The summed E-state index contributed by atoms with van der Waals surface area (Å²) in [7, 11) is 1.54. The minimum Gasteiger partial charge on any atom is -0.493 e. The van der Waals surface area contributed by atoms with Gasteiger partial charge in [0.2, 0.25) is 0 Å². The normalized spacial score (nSPS) is 17.3. The molecule has 0 saturated heterocycles. The first kappa shape index (κ1) is 25.2. The van der Waals surface area contributed by atoms with E-state index < -0.39 is 17.6 Å². The first-order valence-corrected chi connectivity index (χ1v) is 12.0. The highest BCUT2D eigenvalue weighted by atomic mass is 19.1. The van der Waals surface area contributed by atoms with E-state index in [2.05, 4.69) is 26.1 Å². The lowest BCUT2D eigenvalue weighted by molar-refractivity contribution is -0.135. The Labute approximate surface area is 217 Å². The number of hydrogen-bond donors (Lipinski definition) is 4. The first-order chi connectivity index (χ1) is 18.2. The number of methoxy groups -OCH3 is 1. The van der Waals surface area contributed by atoms with Crippen molar-refractivity contribution >= 4 is 45.6 Å². The van der Waals surface area contributed by atoms with Crippen LogP contribution in [0.1, 0.15) is 26.2 Å². The van der Waals surface area contributed by atoms with Gasteiger partial charge in [-0.05, 0) is 50.1 Å². The number of amides is 2. The molecule has 2 aliphatic rings. The summed E-state index contributed by atoms with van der Waals surface area (Å²) < 4.78 is 26.4. The van der Waals surface area contributed by atoms with E-state index >= 15 is 0 Å². The van der Waals surface area contributed by atoms with E-state index in [4.69, 9.17) is 20.0 Å². The van der Waals surface area contributed by atoms with Crippen LogP contribution in [0, 0.1) is 5.82 Å². The lowest BCUT2D eigenvalue weighted by Gasteiger charge is -2.16. The fraction of sp³-hybridized carbons (Fsp3) is 0.308. The largest absolute Gasteiger partial charge is 0.493 e. The van der Waals surface area contributed by atoms with Crippen molar-refractivity contribution in [2.75, 3.05) is 24.4 Å². The predicted molar refractivity (Wildman–Crippen MR) is 139 cm³/mol. The Morgan fingerprint density at radius 2 is 1.92 bits per heavy atom. The molecular weight excluding hydrogens is 495 g/mol. The van der Waals surface area contributed by atoms with Crippen LogP contribution in [-0.2, 0) is 14.4 Å². The second-order valence-corrected chi connectivity index (χ2v) is 9.42. The fourth-order valence-electron chi connectivity index (χ4n) is 3.85. The number of nitrogens with zero attached hydrogens (tertiary/aromatic N) is 2. The molecule has 1 unspecified atom stereocenters. The Hall–Kier alpha value is -4.45. The number of ether oxygens (including phenoxy) is 2. The molecule has 38 heavy (non-hydrogen) atoms. The molecule has 5 rings (SSSR count). The number of nitrogens with one attached hydrogen (secondary N) is 3. The van der Waals surface area contributed by atoms with Crippen LogP contribution < -0.4 is 31.2 Å². The molecule has 2 aromatic carbocycles. The molecule has 0 radical (unpaired) electrons. The molecule has 3 aromatic rings. The monoisotopic (exact) mass is 522 g/mol. The van der Waals surface area contributed by atoms with Crippen LogP contribution in [-0.4, -0.2) is 48.0 Å². The number of fused-ring (bicyclic) bond motifs is 1. The van der Waals surface area contributed by atoms with Crippen LogP contribution in [0.3, 0.4) is 0 Å². The summed E-state index contributed by atoms with van der Waals surface area (Å²) in [6, 6.07) is 9.28. The number of benzene rings is 2. The van der Waals surface area contributed by atoms with E-state index in [0.29, 0.717) is 41.1 Å². The van der Waals surface area contributed by atoms with Gasteiger partial charge < -0.3 is 36.0 Å². The van der Waals surface area contributed by atoms with E-state index in [9.17, 15) is 14.0 Å². The van der Waals surface area contributed by atoms with Crippen LogP contribution in [0.5, 0.6) is 11.5 Å². The summed E-state index contributed by atoms with van der Waals surface area (Å²) in [4.78, 5) is 33.7. The average molecular weight is 523 g/mol. The summed E-state index contributed by atoms with van der Waals surface area (Å²) in [5.41, 5.74) is 7.32. The molecule has 12 heteroatoms. The Morgan fingerprint density at radius 3 is 2.61 bits per heavy atom. The summed E-state index contributed by atoms with van der Waals surface area (Å²) in [6.07, 6.45) is 3.63. The van der Waals surface area contributed by atoms with E-state index in [1.165, 1.54) is 19.2 Å². The van der Waals surface area contributed by atoms with Gasteiger partial charge in [-0.2, -0.15) is 0 Å². The van der Waals surface area contributed by atoms with Gasteiger partial charge >= 0.3 is 11.8 Å². The number of carbonyl (C=O) groups excluding carboxylic acids is 2. The van der Waals surface area contributed by atoms with E-state index in [0.717, 1.165) is 18.9 Å². The molecule has 198 valence electrons. The third-order valence-corrected chi connectivity index (χ3v) is 6.22. The summed E-state index contributed by atoms with van der Waals surface area (Å²) in [6.45, 7) is 2.16. The molecule has 2 amide bonds. The number of anilines is 3. The molecule has 1 aliphatic heterocycles. The highest BCUT2D eigenvalue weighted by molar-refractivity contribution is 6.42. The van der Waals surface area contributed by atoms with Gasteiger partial charge in [-0.15, -0.1) is 0 Å². The molecule has 0 bridgehead atoms. The maximum absolute atomic E-state index is 15.0. The van der Waals surface area contributed by atoms with Crippen LogP contribution in [0.15, 0.2) is 47.8 Å². The number of hydrogen-bond acceptors (Lipinski definition) is 9. The van der Waals surface area contributed by atoms with Crippen LogP contribution in [0.25, 0.3) is 10.9 Å². The van der Waals surface area contributed by atoms with Crippen LogP contribution in [0.2, 0.25) is 0 Å². The smallest absolute Gasteiger partial charge is 0.315 e. The Balaban J connectivity index is 1.29. The van der Waals surface area contributed by atoms with E-state index in [-0.39, 0.29) is 28.9 Å². The van der Waals surface area contributed by atoms with Crippen LogP contribution in [0.4, 0.5) is 21.5 Å². The number of aromatic nitrogens is 1. The minimum absolute atomic E-state index is 0.113. The van der Waals surface area contributed by atoms with Crippen LogP contribution >= 0.6 is 0 Å². The summed E-state index contributed by atoms with van der Waals surface area (Å²) in [5.74, 6) is -1.24. The fourth-order valence-corrected chi connectivity index (χ4v) is 3.85. The van der Waals surface area contributed by atoms with Gasteiger partial charge in [0.05, 0.1) is 23.9 Å². The molecular formula is C26H27FN6O5. The minimum atomic E-state index is -0.958. The highest BCUT2D eigenvalue weighted by Gasteiger charge is 2.39. The van der Waals surface area contributed by atoms with E-state index in [1.54, 1.807) is 31.3 Å². The maximum atomic E-state index is 15.0. The second-order valence-electron chi connectivity index (χ2n) is 9.42.